The van der Waals surface area contributed by atoms with Crippen molar-refractivity contribution in [2.24, 2.45) is 0 Å². The van der Waals surface area contributed by atoms with E-state index in [9.17, 15) is 18.0 Å². The summed E-state index contributed by atoms with van der Waals surface area (Å²) in [4.78, 5) is 29.6. The molecular weight excluding hydrogens is 676 g/mol. The predicted octanol–water partition coefficient (Wildman–Crippen LogP) is 7.66. The minimum absolute atomic E-state index is 0.0328. The number of carbonyl (C=O) groups excluding carboxylic acids is 2. The lowest BCUT2D eigenvalue weighted by Crippen LogP contribution is -2.54. The maximum atomic E-state index is 14.5. The number of rotatable bonds is 12. The maximum Gasteiger partial charge on any atom is 0.264 e. The van der Waals surface area contributed by atoms with Crippen LogP contribution in [0.15, 0.2) is 102 Å². The molecule has 236 valence electrons. The van der Waals surface area contributed by atoms with Gasteiger partial charge in [0.2, 0.25) is 11.8 Å². The van der Waals surface area contributed by atoms with Crippen LogP contribution in [0.4, 0.5) is 5.69 Å². The van der Waals surface area contributed by atoms with Crippen molar-refractivity contribution in [3.8, 4) is 0 Å². The van der Waals surface area contributed by atoms with Crippen LogP contribution in [0.5, 0.6) is 0 Å². The largest absolute Gasteiger partial charge is 0.352 e. The average Bonchev–Trinajstić information content (AvgIpc) is 3.00. The van der Waals surface area contributed by atoms with Gasteiger partial charge in [-0.2, -0.15) is 0 Å². The molecule has 45 heavy (non-hydrogen) atoms. The lowest BCUT2D eigenvalue weighted by molar-refractivity contribution is -0.140. The molecule has 1 N–H and O–H groups in total. The van der Waals surface area contributed by atoms with E-state index in [-0.39, 0.29) is 39.6 Å². The first kappa shape index (κ1) is 34.6. The van der Waals surface area contributed by atoms with Crippen LogP contribution < -0.4 is 9.62 Å². The minimum Gasteiger partial charge on any atom is -0.352 e. The lowest BCUT2D eigenvalue weighted by atomic mass is 10.0. The van der Waals surface area contributed by atoms with Crippen LogP contribution in [-0.2, 0) is 32.6 Å². The second kappa shape index (κ2) is 15.3. The monoisotopic (exact) mass is 705 g/mol. The van der Waals surface area contributed by atoms with Gasteiger partial charge in [-0.15, -0.1) is 0 Å². The Bertz CT molecular complexity index is 1760. The smallest absolute Gasteiger partial charge is 0.264 e. The van der Waals surface area contributed by atoms with Crippen molar-refractivity contribution < 1.29 is 18.0 Å². The van der Waals surface area contributed by atoms with Crippen LogP contribution in [0.3, 0.4) is 0 Å². The molecule has 0 aliphatic heterocycles. The van der Waals surface area contributed by atoms with Gasteiger partial charge >= 0.3 is 0 Å². The van der Waals surface area contributed by atoms with Gasteiger partial charge < -0.3 is 10.2 Å². The fraction of sp³-hybridized carbons (Fsp3) is 0.212. The molecular formula is C33H31Cl4N3O4S. The number of anilines is 1. The molecule has 0 aliphatic rings. The number of hydrogen-bond donors (Lipinski definition) is 1. The van der Waals surface area contributed by atoms with Crippen LogP contribution in [-0.4, -0.2) is 43.8 Å². The average molecular weight is 708 g/mol. The summed E-state index contributed by atoms with van der Waals surface area (Å²) in [6.45, 7) is 2.88. The third-order valence-electron chi connectivity index (χ3n) is 6.86. The molecule has 0 radical (unpaired) electrons. The van der Waals surface area contributed by atoms with Gasteiger partial charge in [-0.3, -0.25) is 13.9 Å². The van der Waals surface area contributed by atoms with Gasteiger partial charge in [-0.05, 0) is 67.4 Å². The predicted molar refractivity (Wildman–Crippen MR) is 182 cm³/mol. The molecule has 1 atom stereocenters. The van der Waals surface area contributed by atoms with Crippen LogP contribution >= 0.6 is 46.4 Å². The fourth-order valence-electron chi connectivity index (χ4n) is 4.66. The van der Waals surface area contributed by atoms with Crippen LogP contribution in [0.2, 0.25) is 20.1 Å². The van der Waals surface area contributed by atoms with Crippen LogP contribution in [0, 0.1) is 0 Å². The first-order chi connectivity index (χ1) is 21.4. The SMILES string of the molecule is CC(C)NC(=O)C(Cc1ccccc1)N(Cc1ccc(Cl)cc1Cl)C(=O)CN(c1ccc(Cl)c(Cl)c1)S(=O)(=O)c1ccccc1. The zero-order chi connectivity index (χ0) is 32.7. The molecule has 0 aromatic heterocycles. The second-order valence-corrected chi connectivity index (χ2v) is 14.1. The summed E-state index contributed by atoms with van der Waals surface area (Å²) in [5.74, 6) is -1.05. The zero-order valence-electron chi connectivity index (χ0n) is 24.5. The Labute approximate surface area is 283 Å². The van der Waals surface area contributed by atoms with Crippen LogP contribution in [0.1, 0.15) is 25.0 Å². The number of halogens is 4. The molecule has 0 aliphatic carbocycles. The molecule has 0 spiro atoms. The van der Waals surface area contributed by atoms with Crippen molar-refractivity contribution in [3.05, 3.63) is 128 Å². The number of nitrogens with zero attached hydrogens (tertiary/aromatic N) is 2. The van der Waals surface area contributed by atoms with E-state index in [2.05, 4.69) is 5.32 Å². The molecule has 0 fully saturated rings. The standard InChI is InChI=1S/C33H31Cl4N3O4S/c1-22(2)38-33(42)31(17-23-9-5-3-6-10-23)39(20-24-13-14-25(34)18-29(24)36)32(41)21-40(26-15-16-28(35)30(37)19-26)45(43,44)27-11-7-4-8-12-27/h3-16,18-19,22,31H,17,20-21H2,1-2H3,(H,38,42). The number of benzene rings is 4. The molecule has 0 heterocycles. The highest BCUT2D eigenvalue weighted by molar-refractivity contribution is 7.92. The highest BCUT2D eigenvalue weighted by Gasteiger charge is 2.35. The van der Waals surface area contributed by atoms with Crippen molar-refractivity contribution in [3.63, 3.8) is 0 Å². The van der Waals surface area contributed by atoms with E-state index < -0.39 is 34.4 Å². The highest BCUT2D eigenvalue weighted by Crippen LogP contribution is 2.31. The normalized spacial score (nSPS) is 12.1. The Morgan fingerprint density at radius 2 is 1.42 bits per heavy atom. The summed E-state index contributed by atoms with van der Waals surface area (Å²) in [6.07, 6.45) is 0.161. The third kappa shape index (κ3) is 8.93. The Hall–Kier alpha value is -3.27. The first-order valence-electron chi connectivity index (χ1n) is 14.0. The summed E-state index contributed by atoms with van der Waals surface area (Å²) >= 11 is 25.1. The molecule has 2 amide bonds. The van der Waals surface area contributed by atoms with Crippen molar-refractivity contribution in [2.45, 2.75) is 43.8 Å². The fourth-order valence-corrected chi connectivity index (χ4v) is 6.84. The molecule has 4 aromatic carbocycles. The number of carbonyl (C=O) groups is 2. The maximum absolute atomic E-state index is 14.5. The summed E-state index contributed by atoms with van der Waals surface area (Å²) in [6, 6.07) is 24.9. The van der Waals surface area contributed by atoms with Gasteiger partial charge in [0.15, 0.2) is 0 Å². The molecule has 4 rings (SSSR count). The highest BCUT2D eigenvalue weighted by atomic mass is 35.5. The van der Waals surface area contributed by atoms with E-state index in [1.54, 1.807) is 36.4 Å². The van der Waals surface area contributed by atoms with Crippen molar-refractivity contribution >= 4 is 73.9 Å². The lowest BCUT2D eigenvalue weighted by Gasteiger charge is -2.34. The van der Waals surface area contributed by atoms with E-state index in [1.165, 1.54) is 35.2 Å². The van der Waals surface area contributed by atoms with Gasteiger partial charge in [-0.25, -0.2) is 8.42 Å². The molecule has 4 aromatic rings. The molecule has 7 nitrogen and oxygen atoms in total. The molecule has 12 heteroatoms. The Morgan fingerprint density at radius 1 is 0.778 bits per heavy atom. The zero-order valence-corrected chi connectivity index (χ0v) is 28.3. The van der Waals surface area contributed by atoms with E-state index in [1.807, 2.05) is 44.2 Å². The Balaban J connectivity index is 1.84. The molecule has 0 saturated heterocycles. The minimum atomic E-state index is -4.28. The number of amides is 2. The van der Waals surface area contributed by atoms with Crippen molar-refractivity contribution in [1.29, 1.82) is 0 Å². The molecule has 1 unspecified atom stereocenters. The molecule has 0 bridgehead atoms. The van der Waals surface area contributed by atoms with E-state index in [0.29, 0.717) is 15.6 Å². The summed E-state index contributed by atoms with van der Waals surface area (Å²) < 4.78 is 29.0. The Morgan fingerprint density at radius 3 is 2.02 bits per heavy atom. The van der Waals surface area contributed by atoms with E-state index >= 15 is 0 Å². The van der Waals surface area contributed by atoms with Gasteiger partial charge in [0.1, 0.15) is 12.6 Å². The third-order valence-corrected chi connectivity index (χ3v) is 9.97. The number of nitrogens with one attached hydrogen (secondary N) is 1. The van der Waals surface area contributed by atoms with Crippen LogP contribution in [0.25, 0.3) is 0 Å². The Kier molecular flexibility index (Phi) is 11.8. The van der Waals surface area contributed by atoms with Gasteiger partial charge in [0.05, 0.1) is 20.6 Å². The van der Waals surface area contributed by atoms with E-state index in [0.717, 1.165) is 9.87 Å². The number of hydrogen-bond acceptors (Lipinski definition) is 4. The first-order valence-corrected chi connectivity index (χ1v) is 16.9. The topological polar surface area (TPSA) is 86.8 Å². The van der Waals surface area contributed by atoms with Gasteiger partial charge in [-0.1, -0.05) is 101 Å². The van der Waals surface area contributed by atoms with Gasteiger partial charge in [0, 0.05) is 29.1 Å². The summed E-state index contributed by atoms with van der Waals surface area (Å²) in [5.41, 5.74) is 1.45. The molecule has 0 saturated carbocycles. The summed E-state index contributed by atoms with van der Waals surface area (Å²) in [7, 11) is -4.28. The quantitative estimate of drug-likeness (QED) is 0.164. The van der Waals surface area contributed by atoms with Gasteiger partial charge in [0.25, 0.3) is 10.0 Å². The van der Waals surface area contributed by atoms with Crippen molar-refractivity contribution in [1.82, 2.24) is 10.2 Å². The van der Waals surface area contributed by atoms with Crippen molar-refractivity contribution in [2.75, 3.05) is 10.8 Å². The summed E-state index contributed by atoms with van der Waals surface area (Å²) in [5, 5.41) is 3.94. The number of sulfonamides is 1. The van der Waals surface area contributed by atoms with E-state index in [4.69, 9.17) is 46.4 Å². The second-order valence-electron chi connectivity index (χ2n) is 10.5.